The van der Waals surface area contributed by atoms with Crippen LogP contribution in [-0.4, -0.2) is 57.4 Å². The largest absolute Gasteiger partial charge is 0.469 e. The Hall–Kier alpha value is 0.0500. The SMILES string of the molecule is CC[C@@H]1OC(C)(C)O[C@]1(C)CCC1(C(C)C[C@H](C)[C@H](O)[C@@H](C)C(=O)OC)SCCS1. The number of ether oxygens (including phenoxy) is 3. The van der Waals surface area contributed by atoms with Crippen molar-refractivity contribution < 1.29 is 24.1 Å². The smallest absolute Gasteiger partial charge is 0.311 e. The first kappa shape index (κ1) is 26.3. The van der Waals surface area contributed by atoms with Gasteiger partial charge in [-0.15, -0.1) is 23.5 Å². The molecule has 0 saturated carbocycles. The van der Waals surface area contributed by atoms with Crippen LogP contribution in [0.5, 0.6) is 0 Å². The zero-order chi connectivity index (χ0) is 22.7. The zero-order valence-electron chi connectivity index (χ0n) is 20.0. The quantitative estimate of drug-likeness (QED) is 0.453. The summed E-state index contributed by atoms with van der Waals surface area (Å²) in [6.45, 7) is 14.5. The van der Waals surface area contributed by atoms with E-state index >= 15 is 0 Å². The molecule has 2 fully saturated rings. The molecule has 0 radical (unpaired) electrons. The minimum atomic E-state index is -0.692. The first-order valence-corrected chi connectivity index (χ1v) is 13.3. The molecular formula is C23H42O5S2. The van der Waals surface area contributed by atoms with Gasteiger partial charge in [-0.25, -0.2) is 0 Å². The molecule has 2 rings (SSSR count). The van der Waals surface area contributed by atoms with Crippen LogP contribution in [-0.2, 0) is 19.0 Å². The molecule has 5 nitrogen and oxygen atoms in total. The van der Waals surface area contributed by atoms with Crippen LogP contribution in [0.2, 0.25) is 0 Å². The molecule has 1 N–H and O–H groups in total. The first-order chi connectivity index (χ1) is 13.9. The third-order valence-electron chi connectivity index (χ3n) is 6.85. The zero-order valence-corrected chi connectivity index (χ0v) is 21.7. The van der Waals surface area contributed by atoms with Crippen molar-refractivity contribution in [1.82, 2.24) is 0 Å². The Morgan fingerprint density at radius 3 is 2.30 bits per heavy atom. The van der Waals surface area contributed by atoms with Crippen molar-refractivity contribution in [3.05, 3.63) is 0 Å². The number of rotatable bonds is 10. The number of carbonyl (C=O) groups is 1. The normalized spacial score (nSPS) is 31.8. The maximum Gasteiger partial charge on any atom is 0.311 e. The summed E-state index contributed by atoms with van der Waals surface area (Å²) >= 11 is 4.11. The molecule has 6 atom stereocenters. The van der Waals surface area contributed by atoms with Gasteiger partial charge in [0, 0.05) is 11.5 Å². The number of methoxy groups -OCH3 is 1. The highest BCUT2D eigenvalue weighted by atomic mass is 32.2. The molecule has 0 aromatic rings. The summed E-state index contributed by atoms with van der Waals surface area (Å²) in [5.41, 5.74) is -0.279. The molecule has 2 aliphatic heterocycles. The predicted octanol–water partition coefficient (Wildman–Crippen LogP) is 5.10. The molecule has 2 aliphatic rings. The Labute approximate surface area is 191 Å². The fraction of sp³-hybridized carbons (Fsp3) is 0.957. The first-order valence-electron chi connectivity index (χ1n) is 11.3. The predicted molar refractivity (Wildman–Crippen MR) is 126 cm³/mol. The highest BCUT2D eigenvalue weighted by molar-refractivity contribution is 8.21. The third kappa shape index (κ3) is 5.89. The maximum absolute atomic E-state index is 11.8. The molecule has 0 bridgehead atoms. The fourth-order valence-electron chi connectivity index (χ4n) is 5.11. The molecule has 0 aromatic carbocycles. The van der Waals surface area contributed by atoms with Crippen LogP contribution in [0, 0.1) is 17.8 Å². The van der Waals surface area contributed by atoms with Crippen LogP contribution in [0.4, 0.5) is 0 Å². The summed E-state index contributed by atoms with van der Waals surface area (Å²) in [5, 5.41) is 10.7. The van der Waals surface area contributed by atoms with Gasteiger partial charge in [0.2, 0.25) is 0 Å². The molecule has 176 valence electrons. The number of hydrogen-bond donors (Lipinski definition) is 1. The molecule has 0 amide bonds. The molecule has 2 heterocycles. The second kappa shape index (κ2) is 10.3. The third-order valence-corrected chi connectivity index (χ3v) is 10.8. The van der Waals surface area contributed by atoms with Gasteiger partial charge in [0.1, 0.15) is 0 Å². The monoisotopic (exact) mass is 462 g/mol. The highest BCUT2D eigenvalue weighted by Crippen LogP contribution is 2.55. The standard InChI is InChI=1S/C23H42O5S2/c1-9-18-22(7,28-21(5,6)27-18)10-11-23(29-12-13-30-23)16(3)14-15(2)19(24)17(4)20(25)26-8/h15-19,24H,9-14H2,1-8H3/t15-,16?,17+,18-,19-,22+/m0/s1. The van der Waals surface area contributed by atoms with Crippen molar-refractivity contribution in [2.45, 2.75) is 102 Å². The minimum Gasteiger partial charge on any atom is -0.469 e. The summed E-state index contributed by atoms with van der Waals surface area (Å²) in [4.78, 5) is 11.8. The Balaban J connectivity index is 2.05. The van der Waals surface area contributed by atoms with Gasteiger partial charge in [-0.3, -0.25) is 4.79 Å². The second-order valence-electron chi connectivity index (χ2n) is 9.75. The van der Waals surface area contributed by atoms with Crippen LogP contribution in [0.15, 0.2) is 0 Å². The summed E-state index contributed by atoms with van der Waals surface area (Å²) in [6, 6.07) is 0. The molecule has 7 heteroatoms. The van der Waals surface area contributed by atoms with Crippen LogP contribution in [0.3, 0.4) is 0 Å². The fourth-order valence-corrected chi connectivity index (χ4v) is 8.55. The summed E-state index contributed by atoms with van der Waals surface area (Å²) in [5.74, 6) is 1.35. The van der Waals surface area contributed by atoms with Crippen molar-refractivity contribution in [3.8, 4) is 0 Å². The second-order valence-corrected chi connectivity index (χ2v) is 12.9. The molecule has 0 spiro atoms. The summed E-state index contributed by atoms with van der Waals surface area (Å²) < 4.78 is 17.5. The summed E-state index contributed by atoms with van der Waals surface area (Å²) in [7, 11) is 1.37. The molecule has 0 aromatic heterocycles. The van der Waals surface area contributed by atoms with Crippen LogP contribution < -0.4 is 0 Å². The maximum atomic E-state index is 11.8. The van der Waals surface area contributed by atoms with Crippen molar-refractivity contribution in [2.75, 3.05) is 18.6 Å². The van der Waals surface area contributed by atoms with Gasteiger partial charge in [0.25, 0.3) is 0 Å². The molecular weight excluding hydrogens is 420 g/mol. The van der Waals surface area contributed by atoms with Gasteiger partial charge in [-0.05, 0) is 65.2 Å². The lowest BCUT2D eigenvalue weighted by Crippen LogP contribution is -2.40. The van der Waals surface area contributed by atoms with E-state index in [1.54, 1.807) is 6.92 Å². The van der Waals surface area contributed by atoms with Crippen LogP contribution in [0.25, 0.3) is 0 Å². The van der Waals surface area contributed by atoms with Gasteiger partial charge < -0.3 is 19.3 Å². The molecule has 0 aliphatic carbocycles. The lowest BCUT2D eigenvalue weighted by molar-refractivity contribution is -0.161. The van der Waals surface area contributed by atoms with E-state index in [4.69, 9.17) is 14.2 Å². The number of aliphatic hydroxyl groups excluding tert-OH is 1. The topological polar surface area (TPSA) is 65.0 Å². The van der Waals surface area contributed by atoms with E-state index in [1.165, 1.54) is 7.11 Å². The van der Waals surface area contributed by atoms with Gasteiger partial charge in [-0.1, -0.05) is 20.8 Å². The van der Waals surface area contributed by atoms with E-state index in [0.717, 1.165) is 37.2 Å². The van der Waals surface area contributed by atoms with Crippen molar-refractivity contribution in [2.24, 2.45) is 17.8 Å². The van der Waals surface area contributed by atoms with Crippen LogP contribution >= 0.6 is 23.5 Å². The van der Waals surface area contributed by atoms with E-state index in [9.17, 15) is 9.90 Å². The van der Waals surface area contributed by atoms with Gasteiger partial charge in [0.05, 0.1) is 34.9 Å². The van der Waals surface area contributed by atoms with E-state index in [0.29, 0.717) is 5.92 Å². The van der Waals surface area contributed by atoms with Crippen molar-refractivity contribution in [3.63, 3.8) is 0 Å². The number of thioether (sulfide) groups is 2. The van der Waals surface area contributed by atoms with E-state index in [2.05, 4.69) is 44.3 Å². The van der Waals surface area contributed by atoms with Gasteiger partial charge >= 0.3 is 5.97 Å². The van der Waals surface area contributed by atoms with E-state index < -0.39 is 17.8 Å². The average molecular weight is 463 g/mol. The Morgan fingerprint density at radius 2 is 1.77 bits per heavy atom. The number of hydrogen-bond acceptors (Lipinski definition) is 7. The Morgan fingerprint density at radius 1 is 1.17 bits per heavy atom. The summed E-state index contributed by atoms with van der Waals surface area (Å²) in [6.07, 6.45) is 3.23. The highest BCUT2D eigenvalue weighted by Gasteiger charge is 2.51. The van der Waals surface area contributed by atoms with Gasteiger partial charge in [-0.2, -0.15) is 0 Å². The molecule has 2 saturated heterocycles. The Bertz CT molecular complexity index is 578. The van der Waals surface area contributed by atoms with E-state index in [-0.39, 0.29) is 27.7 Å². The average Bonchev–Trinajstić information content (AvgIpc) is 3.27. The van der Waals surface area contributed by atoms with Crippen molar-refractivity contribution in [1.29, 1.82) is 0 Å². The van der Waals surface area contributed by atoms with Crippen LogP contribution in [0.1, 0.15) is 74.1 Å². The van der Waals surface area contributed by atoms with Gasteiger partial charge in [0.15, 0.2) is 5.79 Å². The number of carbonyl (C=O) groups excluding carboxylic acids is 1. The lowest BCUT2D eigenvalue weighted by Gasteiger charge is -2.39. The lowest BCUT2D eigenvalue weighted by atomic mass is 9.83. The van der Waals surface area contributed by atoms with E-state index in [1.807, 2.05) is 20.8 Å². The minimum absolute atomic E-state index is 0.0248. The number of esters is 1. The Kier molecular flexibility index (Phi) is 9.05. The number of aliphatic hydroxyl groups is 1. The van der Waals surface area contributed by atoms with Crippen molar-refractivity contribution >= 4 is 29.5 Å². The molecule has 30 heavy (non-hydrogen) atoms. The molecule has 1 unspecified atom stereocenters.